The Bertz CT molecular complexity index is 691. The van der Waals surface area contributed by atoms with Gasteiger partial charge >= 0.3 is 6.18 Å². The van der Waals surface area contributed by atoms with E-state index in [-0.39, 0.29) is 43.5 Å². The van der Waals surface area contributed by atoms with Gasteiger partial charge in [0.15, 0.2) is 0 Å². The summed E-state index contributed by atoms with van der Waals surface area (Å²) in [5, 5.41) is 0. The van der Waals surface area contributed by atoms with Gasteiger partial charge in [-0.3, -0.25) is 4.79 Å². The van der Waals surface area contributed by atoms with Gasteiger partial charge in [0.25, 0.3) is 0 Å². The fraction of sp³-hybridized carbons (Fsp3) is 0.500. The zero-order valence-electron chi connectivity index (χ0n) is 12.0. The molecule has 0 aliphatic carbocycles. The van der Waals surface area contributed by atoms with E-state index in [4.69, 9.17) is 10.7 Å². The van der Waals surface area contributed by atoms with Gasteiger partial charge in [0.1, 0.15) is 0 Å². The summed E-state index contributed by atoms with van der Waals surface area (Å²) < 4.78 is 60.0. The molecule has 1 unspecified atom stereocenters. The maximum atomic E-state index is 12.6. The van der Waals surface area contributed by atoms with Crippen molar-refractivity contribution in [3.8, 4) is 0 Å². The topological polar surface area (TPSA) is 54.5 Å². The van der Waals surface area contributed by atoms with Gasteiger partial charge in [-0.15, -0.1) is 0 Å². The predicted molar refractivity (Wildman–Crippen MR) is 79.5 cm³/mol. The highest BCUT2D eigenvalue weighted by Gasteiger charge is 2.32. The van der Waals surface area contributed by atoms with Crippen molar-refractivity contribution in [2.75, 3.05) is 18.8 Å². The minimum atomic E-state index is -4.40. The lowest BCUT2D eigenvalue weighted by atomic mass is 10.1. The van der Waals surface area contributed by atoms with Gasteiger partial charge in [-0.2, -0.15) is 13.2 Å². The molecule has 0 aromatic heterocycles. The number of rotatable bonds is 5. The van der Waals surface area contributed by atoms with Crippen LogP contribution in [-0.4, -0.2) is 38.1 Å². The van der Waals surface area contributed by atoms with Crippen LogP contribution in [0.25, 0.3) is 0 Å². The van der Waals surface area contributed by atoms with Crippen LogP contribution in [0.15, 0.2) is 24.3 Å². The van der Waals surface area contributed by atoms with Crippen LogP contribution in [0.5, 0.6) is 0 Å². The second kappa shape index (κ2) is 6.68. The number of amides is 1. The fourth-order valence-corrected chi connectivity index (χ4v) is 3.95. The Labute approximate surface area is 136 Å². The van der Waals surface area contributed by atoms with Gasteiger partial charge in [-0.05, 0) is 18.1 Å². The molecule has 0 radical (unpaired) electrons. The second-order valence-corrected chi connectivity index (χ2v) is 8.39. The minimum Gasteiger partial charge on any atom is -0.342 e. The van der Waals surface area contributed by atoms with Crippen molar-refractivity contribution in [3.63, 3.8) is 0 Å². The number of carbonyl (C=O) groups excluding carboxylic acids is 1. The Hall–Kier alpha value is -1.28. The molecule has 1 aliphatic heterocycles. The molecule has 0 bridgehead atoms. The van der Waals surface area contributed by atoms with Crippen LogP contribution < -0.4 is 0 Å². The van der Waals surface area contributed by atoms with Crippen LogP contribution >= 0.6 is 10.7 Å². The van der Waals surface area contributed by atoms with Crippen LogP contribution in [-0.2, 0) is 26.4 Å². The van der Waals surface area contributed by atoms with Crippen LogP contribution in [0.1, 0.15) is 17.5 Å². The first-order valence-electron chi connectivity index (χ1n) is 6.91. The van der Waals surface area contributed by atoms with E-state index in [1.54, 1.807) is 6.07 Å². The molecule has 9 heteroatoms. The highest BCUT2D eigenvalue weighted by atomic mass is 35.7. The first-order valence-corrected chi connectivity index (χ1v) is 9.39. The molecule has 0 saturated carbocycles. The summed E-state index contributed by atoms with van der Waals surface area (Å²) >= 11 is 0. The zero-order chi connectivity index (χ0) is 17.3. The Morgan fingerprint density at radius 2 is 2.00 bits per heavy atom. The Morgan fingerprint density at radius 1 is 1.30 bits per heavy atom. The molecule has 1 fully saturated rings. The van der Waals surface area contributed by atoms with E-state index < -0.39 is 20.8 Å². The first-order chi connectivity index (χ1) is 10.5. The normalized spacial score (nSPS) is 19.4. The number of hydrogen-bond acceptors (Lipinski definition) is 3. The molecule has 1 aromatic carbocycles. The van der Waals surface area contributed by atoms with Crippen molar-refractivity contribution in [1.29, 1.82) is 0 Å². The summed E-state index contributed by atoms with van der Waals surface area (Å²) in [5.74, 6) is -0.853. The van der Waals surface area contributed by atoms with E-state index >= 15 is 0 Å². The third-order valence-electron chi connectivity index (χ3n) is 3.65. The quantitative estimate of drug-likeness (QED) is 0.750. The van der Waals surface area contributed by atoms with E-state index in [0.29, 0.717) is 5.56 Å². The molecule has 1 heterocycles. The second-order valence-electron chi connectivity index (χ2n) is 5.56. The highest BCUT2D eigenvalue weighted by molar-refractivity contribution is 8.13. The summed E-state index contributed by atoms with van der Waals surface area (Å²) in [6, 6.07) is 4.94. The van der Waals surface area contributed by atoms with E-state index in [1.165, 1.54) is 11.0 Å². The van der Waals surface area contributed by atoms with Gasteiger partial charge < -0.3 is 4.90 Å². The molecular formula is C14H15ClF3NO3S. The lowest BCUT2D eigenvalue weighted by Gasteiger charge is -2.17. The van der Waals surface area contributed by atoms with Gasteiger partial charge in [-0.1, -0.05) is 18.2 Å². The van der Waals surface area contributed by atoms with E-state index in [1.807, 2.05) is 0 Å². The molecule has 1 saturated heterocycles. The summed E-state index contributed by atoms with van der Waals surface area (Å²) in [5.41, 5.74) is -0.255. The van der Waals surface area contributed by atoms with Gasteiger partial charge in [0.05, 0.1) is 11.3 Å². The zero-order valence-corrected chi connectivity index (χ0v) is 13.6. The van der Waals surface area contributed by atoms with Crippen molar-refractivity contribution < 1.29 is 26.4 Å². The molecular weight excluding hydrogens is 355 g/mol. The molecule has 0 N–H and O–H groups in total. The van der Waals surface area contributed by atoms with E-state index in [0.717, 1.165) is 12.1 Å². The number of likely N-dealkylation sites (tertiary alicyclic amines) is 1. The van der Waals surface area contributed by atoms with Gasteiger partial charge in [0, 0.05) is 36.1 Å². The van der Waals surface area contributed by atoms with Crippen LogP contribution in [0.3, 0.4) is 0 Å². The first kappa shape index (κ1) is 18.1. The monoisotopic (exact) mass is 369 g/mol. The summed E-state index contributed by atoms with van der Waals surface area (Å²) in [7, 11) is 1.50. The van der Waals surface area contributed by atoms with Gasteiger partial charge in [-0.25, -0.2) is 8.42 Å². The molecule has 128 valence electrons. The maximum absolute atomic E-state index is 12.6. The summed E-state index contributed by atoms with van der Waals surface area (Å²) in [4.78, 5) is 13.3. The van der Waals surface area contributed by atoms with E-state index in [9.17, 15) is 26.4 Å². The lowest BCUT2D eigenvalue weighted by Crippen LogP contribution is -2.28. The molecule has 1 aromatic rings. The number of benzene rings is 1. The van der Waals surface area contributed by atoms with Crippen LogP contribution in [0, 0.1) is 5.92 Å². The third-order valence-corrected chi connectivity index (χ3v) is 4.90. The number of carbonyl (C=O) groups is 1. The van der Waals surface area contributed by atoms with Gasteiger partial charge in [0.2, 0.25) is 15.0 Å². The van der Waals surface area contributed by atoms with Crippen molar-refractivity contribution in [1.82, 2.24) is 4.90 Å². The Balaban J connectivity index is 1.95. The molecule has 4 nitrogen and oxygen atoms in total. The van der Waals surface area contributed by atoms with Crippen LogP contribution in [0.2, 0.25) is 0 Å². The van der Waals surface area contributed by atoms with E-state index in [2.05, 4.69) is 0 Å². The fourth-order valence-electron chi connectivity index (χ4n) is 2.63. The Kier molecular flexibility index (Phi) is 5.25. The van der Waals surface area contributed by atoms with Crippen molar-refractivity contribution >= 4 is 25.6 Å². The third kappa shape index (κ3) is 5.39. The Morgan fingerprint density at radius 3 is 2.61 bits per heavy atom. The average molecular weight is 370 g/mol. The largest absolute Gasteiger partial charge is 0.416 e. The molecule has 0 spiro atoms. The smallest absolute Gasteiger partial charge is 0.342 e. The SMILES string of the molecule is O=C1CC(CS(=O)(=O)Cl)CN1CCc1cccc(C(F)(F)F)c1. The molecule has 1 amide bonds. The average Bonchev–Trinajstić information content (AvgIpc) is 2.73. The molecule has 1 atom stereocenters. The molecule has 23 heavy (non-hydrogen) atoms. The number of alkyl halides is 3. The summed E-state index contributed by atoms with van der Waals surface area (Å²) in [6.07, 6.45) is -4.04. The summed E-state index contributed by atoms with van der Waals surface area (Å²) in [6.45, 7) is 0.503. The highest BCUT2D eigenvalue weighted by Crippen LogP contribution is 2.29. The number of hydrogen-bond donors (Lipinski definition) is 0. The molecule has 2 rings (SSSR count). The van der Waals surface area contributed by atoms with Crippen molar-refractivity contribution in [3.05, 3.63) is 35.4 Å². The number of nitrogens with zero attached hydrogens (tertiary/aromatic N) is 1. The molecule has 1 aliphatic rings. The van der Waals surface area contributed by atoms with Crippen molar-refractivity contribution in [2.45, 2.75) is 19.0 Å². The van der Waals surface area contributed by atoms with Crippen molar-refractivity contribution in [2.24, 2.45) is 5.92 Å². The number of halogens is 4. The van der Waals surface area contributed by atoms with Crippen LogP contribution in [0.4, 0.5) is 13.2 Å². The predicted octanol–water partition coefficient (Wildman–Crippen LogP) is 2.67. The standard InChI is InChI=1S/C14H15ClF3NO3S/c15-23(21,22)9-11-7-13(20)19(8-11)5-4-10-2-1-3-12(6-10)14(16,17)18/h1-3,6,11H,4-5,7-9H2. The lowest BCUT2D eigenvalue weighted by molar-refractivity contribution is -0.137. The minimum absolute atomic E-state index is 0.0918. The maximum Gasteiger partial charge on any atom is 0.416 e.